The van der Waals surface area contributed by atoms with Gasteiger partial charge in [-0.25, -0.2) is 0 Å². The van der Waals surface area contributed by atoms with Crippen LogP contribution in [0.25, 0.3) is 6.08 Å². The maximum Gasteiger partial charge on any atom is 0.0309 e. The van der Waals surface area contributed by atoms with Gasteiger partial charge in [0, 0.05) is 18.3 Å². The fraction of sp³-hybridized carbons (Fsp3) is 0.724. The van der Waals surface area contributed by atoms with Crippen molar-refractivity contribution in [3.63, 3.8) is 0 Å². The zero-order chi connectivity index (χ0) is 41.6. The number of unbranched alkanes of at least 4 members (excludes halogenated alkanes) is 28. The maximum atomic E-state index is 3.91. The van der Waals surface area contributed by atoms with Crippen molar-refractivity contribution in [3.8, 4) is 11.8 Å². The topological polar surface area (TPSA) is 0 Å². The first-order valence-corrected chi connectivity index (χ1v) is 26.0. The summed E-state index contributed by atoms with van der Waals surface area (Å²) in [5.74, 6) is 8.26. The van der Waals surface area contributed by atoms with Crippen LogP contribution in [0.2, 0.25) is 0 Å². The number of hydrogen-bond donors (Lipinski definition) is 0. The van der Waals surface area contributed by atoms with Crippen LogP contribution >= 0.6 is 0 Å². The Kier molecular flexibility index (Phi) is 33.7. The third kappa shape index (κ3) is 24.7. The number of benzene rings is 2. The molecular weight excluding hydrogens is 697 g/mol. The maximum absolute atomic E-state index is 3.91. The first-order valence-electron chi connectivity index (χ1n) is 26.0. The van der Waals surface area contributed by atoms with E-state index in [1.807, 2.05) is 0 Å². The van der Waals surface area contributed by atoms with E-state index in [1.165, 1.54) is 229 Å². The van der Waals surface area contributed by atoms with Crippen LogP contribution in [0.4, 0.5) is 0 Å². The first-order chi connectivity index (χ1) is 28.7. The Morgan fingerprint density at radius 2 is 0.931 bits per heavy atom. The van der Waals surface area contributed by atoms with Crippen molar-refractivity contribution in [1.29, 1.82) is 0 Å². The minimum Gasteiger partial charge on any atom is -0.103 e. The van der Waals surface area contributed by atoms with Crippen LogP contribution in [0.1, 0.15) is 280 Å². The summed E-state index contributed by atoms with van der Waals surface area (Å²) in [4.78, 5) is 0. The van der Waals surface area contributed by atoms with Gasteiger partial charge in [-0.1, -0.05) is 262 Å². The Bertz CT molecular complexity index is 1300. The van der Waals surface area contributed by atoms with E-state index in [1.54, 1.807) is 11.1 Å². The highest BCUT2D eigenvalue weighted by molar-refractivity contribution is 5.57. The number of aryl methyl sites for hydroxylation is 2. The van der Waals surface area contributed by atoms with Gasteiger partial charge in [-0.3, -0.25) is 0 Å². The van der Waals surface area contributed by atoms with Crippen LogP contribution in [0.15, 0.2) is 48.5 Å². The molecule has 2 aromatic carbocycles. The highest BCUT2D eigenvalue weighted by Crippen LogP contribution is 2.38. The summed E-state index contributed by atoms with van der Waals surface area (Å²) in [6.45, 7) is 11.7. The molecule has 2 aromatic rings. The number of allylic oxidation sites excluding steroid dienone is 1. The average molecular weight is 793 g/mol. The monoisotopic (exact) mass is 793 g/mol. The van der Waals surface area contributed by atoms with Gasteiger partial charge < -0.3 is 0 Å². The molecule has 2 rings (SSSR count). The van der Waals surface area contributed by atoms with Crippen molar-refractivity contribution >= 4 is 6.08 Å². The van der Waals surface area contributed by atoms with Gasteiger partial charge in [0.1, 0.15) is 0 Å². The van der Waals surface area contributed by atoms with Gasteiger partial charge in [0.05, 0.1) is 0 Å². The third-order valence-electron chi connectivity index (χ3n) is 12.8. The second-order valence-corrected chi connectivity index (χ2v) is 18.1. The molecule has 0 aliphatic rings. The van der Waals surface area contributed by atoms with E-state index in [-0.39, 0.29) is 0 Å². The molecule has 2 unspecified atom stereocenters. The quantitative estimate of drug-likeness (QED) is 0.0469. The summed E-state index contributed by atoms with van der Waals surface area (Å²) in [6, 6.07) is 17.0. The van der Waals surface area contributed by atoms with Crippen LogP contribution in [-0.4, -0.2) is 0 Å². The standard InChI is InChI=1S/C58H96/c1-6-11-15-17-19-21-23-25-26-28-29-31-33-35-39-43-52(10-5)58(56-50-49-53(44-37-13-8-3)55(51-56)47-38-14-9-4)57-48-42-41-46-54(57)45-40-36-34-32-30-27-24-22-20-18-16-12-7-2/h40-42,45-46,48-52,58H,6-38,44,47H2,1-5H3. The van der Waals surface area contributed by atoms with E-state index >= 15 is 0 Å². The van der Waals surface area contributed by atoms with E-state index in [4.69, 9.17) is 0 Å². The molecule has 2 atom stereocenters. The Hall–Kier alpha value is -2.26. The van der Waals surface area contributed by atoms with E-state index < -0.39 is 0 Å². The number of rotatable bonds is 38. The van der Waals surface area contributed by atoms with Crippen LogP contribution in [0.3, 0.4) is 0 Å². The van der Waals surface area contributed by atoms with Gasteiger partial charge in [-0.2, -0.15) is 0 Å². The molecule has 0 heteroatoms. The Morgan fingerprint density at radius 1 is 0.466 bits per heavy atom. The van der Waals surface area contributed by atoms with E-state index in [0.717, 1.165) is 12.8 Å². The zero-order valence-corrected chi connectivity index (χ0v) is 39.6. The molecule has 58 heavy (non-hydrogen) atoms. The van der Waals surface area contributed by atoms with Crippen molar-refractivity contribution in [1.82, 2.24) is 0 Å². The summed E-state index contributed by atoms with van der Waals surface area (Å²) in [6.07, 6.45) is 52.1. The molecule has 0 radical (unpaired) electrons. The van der Waals surface area contributed by atoms with Crippen LogP contribution in [0, 0.1) is 17.8 Å². The normalized spacial score (nSPS) is 12.6. The molecule has 0 spiro atoms. The van der Waals surface area contributed by atoms with Crippen molar-refractivity contribution in [3.05, 3.63) is 76.4 Å². The van der Waals surface area contributed by atoms with E-state index in [0.29, 0.717) is 11.8 Å². The SMILES string of the molecule is CCCCCCCCCCCCCC=Cc1ccccc1C(c1ccc(CCCCC)c(CCCCC)c1)C(C#CCCCCCCCCCCCCCCC)CC. The summed E-state index contributed by atoms with van der Waals surface area (Å²) in [7, 11) is 0. The van der Waals surface area contributed by atoms with E-state index in [2.05, 4.69) is 101 Å². The van der Waals surface area contributed by atoms with Crippen molar-refractivity contribution in [2.45, 2.75) is 265 Å². The average Bonchev–Trinajstić information content (AvgIpc) is 3.24. The van der Waals surface area contributed by atoms with Gasteiger partial charge in [0.15, 0.2) is 0 Å². The molecule has 0 aliphatic heterocycles. The summed E-state index contributed by atoms with van der Waals surface area (Å²) in [5.41, 5.74) is 7.55. The van der Waals surface area contributed by atoms with Gasteiger partial charge in [0.2, 0.25) is 0 Å². The first kappa shape index (κ1) is 51.9. The fourth-order valence-corrected chi connectivity index (χ4v) is 9.01. The summed E-state index contributed by atoms with van der Waals surface area (Å²) < 4.78 is 0. The third-order valence-corrected chi connectivity index (χ3v) is 12.8. The minimum atomic E-state index is 0.293. The predicted molar refractivity (Wildman–Crippen MR) is 263 cm³/mol. The molecular formula is C58H96. The van der Waals surface area contributed by atoms with Crippen LogP contribution < -0.4 is 0 Å². The molecule has 0 amide bonds. The van der Waals surface area contributed by atoms with E-state index in [9.17, 15) is 0 Å². The van der Waals surface area contributed by atoms with Crippen molar-refractivity contribution in [2.75, 3.05) is 0 Å². The molecule has 0 bridgehead atoms. The van der Waals surface area contributed by atoms with Crippen LogP contribution in [-0.2, 0) is 12.8 Å². The second-order valence-electron chi connectivity index (χ2n) is 18.1. The van der Waals surface area contributed by atoms with Crippen LogP contribution in [0.5, 0.6) is 0 Å². The highest BCUT2D eigenvalue weighted by Gasteiger charge is 2.25. The van der Waals surface area contributed by atoms with Gasteiger partial charge in [-0.15, -0.1) is 5.92 Å². The highest BCUT2D eigenvalue weighted by atomic mass is 14.3. The molecule has 0 saturated carbocycles. The predicted octanol–water partition coefficient (Wildman–Crippen LogP) is 19.5. The Labute approximate surface area is 364 Å². The largest absolute Gasteiger partial charge is 0.103 e. The Balaban J connectivity index is 2.11. The van der Waals surface area contributed by atoms with Crippen molar-refractivity contribution < 1.29 is 0 Å². The lowest BCUT2D eigenvalue weighted by molar-refractivity contribution is 0.540. The molecule has 0 heterocycles. The molecule has 0 aliphatic carbocycles. The molecule has 0 N–H and O–H groups in total. The number of hydrogen-bond acceptors (Lipinski definition) is 0. The molecule has 0 aromatic heterocycles. The summed E-state index contributed by atoms with van der Waals surface area (Å²) >= 11 is 0. The van der Waals surface area contributed by atoms with Gasteiger partial charge in [-0.05, 0) is 79.2 Å². The minimum absolute atomic E-state index is 0.293. The molecule has 0 saturated heterocycles. The molecule has 0 fully saturated rings. The van der Waals surface area contributed by atoms with Crippen molar-refractivity contribution in [2.24, 2.45) is 5.92 Å². The lowest BCUT2D eigenvalue weighted by Crippen LogP contribution is -2.15. The second kappa shape index (κ2) is 37.7. The fourth-order valence-electron chi connectivity index (χ4n) is 9.01. The lowest BCUT2D eigenvalue weighted by atomic mass is 9.76. The van der Waals surface area contributed by atoms with Gasteiger partial charge in [0.25, 0.3) is 0 Å². The van der Waals surface area contributed by atoms with Gasteiger partial charge >= 0.3 is 0 Å². The zero-order valence-electron chi connectivity index (χ0n) is 39.6. The Morgan fingerprint density at radius 3 is 1.47 bits per heavy atom. The summed E-state index contributed by atoms with van der Waals surface area (Å²) in [5, 5.41) is 0. The molecule has 0 nitrogen and oxygen atoms in total. The lowest BCUT2D eigenvalue weighted by Gasteiger charge is -2.26. The molecule has 328 valence electrons. The smallest absolute Gasteiger partial charge is 0.0309 e.